The molecule has 102 valence electrons. The Kier molecular flexibility index (Phi) is 3.14. The normalized spacial score (nSPS) is 13.0. The molecule has 4 nitrogen and oxygen atoms in total. The number of amides is 1. The number of nitrogens with one attached hydrogen (secondary N) is 2. The third-order valence-corrected chi connectivity index (χ3v) is 3.68. The second-order valence-corrected chi connectivity index (χ2v) is 5.88. The Balaban J connectivity index is 1.95. The van der Waals surface area contributed by atoms with Gasteiger partial charge in [-0.3, -0.25) is 4.79 Å². The van der Waals surface area contributed by atoms with Crippen LogP contribution < -0.4 is 16.4 Å². The van der Waals surface area contributed by atoms with Gasteiger partial charge in [0, 0.05) is 15.8 Å². The Labute approximate surface area is 125 Å². The zero-order valence-electron chi connectivity index (χ0n) is 11.0. The molecule has 20 heavy (non-hydrogen) atoms. The largest absolute Gasteiger partial charge is 0.397 e. The average molecular weight is 332 g/mol. The molecule has 3 rings (SSSR count). The van der Waals surface area contributed by atoms with Crippen molar-refractivity contribution in [2.75, 3.05) is 16.4 Å². The second-order valence-electron chi connectivity index (χ2n) is 4.96. The highest BCUT2D eigenvalue weighted by molar-refractivity contribution is 9.10. The molecule has 0 unspecified atom stereocenters. The molecule has 0 saturated carbocycles. The molecule has 0 atom stereocenters. The number of carbonyl (C=O) groups is 1. The van der Waals surface area contributed by atoms with Crippen LogP contribution in [0.3, 0.4) is 0 Å². The molecule has 1 amide bonds. The fourth-order valence-corrected chi connectivity index (χ4v) is 2.97. The first kappa shape index (κ1) is 13.0. The highest BCUT2D eigenvalue weighted by Gasteiger charge is 2.19. The Hall–Kier alpha value is -2.01. The molecule has 0 aromatic heterocycles. The minimum atomic E-state index is 0.00912. The summed E-state index contributed by atoms with van der Waals surface area (Å²) in [6, 6.07) is 9.79. The maximum atomic E-state index is 11.4. The van der Waals surface area contributed by atoms with Crippen molar-refractivity contribution in [1.82, 2.24) is 0 Å². The van der Waals surface area contributed by atoms with Crippen molar-refractivity contribution in [3.05, 3.63) is 45.9 Å². The third-order valence-electron chi connectivity index (χ3n) is 3.22. The first-order valence-corrected chi connectivity index (χ1v) is 7.07. The molecule has 1 aliphatic heterocycles. The van der Waals surface area contributed by atoms with E-state index in [1.807, 2.05) is 37.3 Å². The van der Waals surface area contributed by atoms with Crippen molar-refractivity contribution >= 4 is 44.6 Å². The van der Waals surface area contributed by atoms with E-state index in [1.54, 1.807) is 0 Å². The van der Waals surface area contributed by atoms with E-state index in [1.165, 1.54) is 0 Å². The number of nitrogen functional groups attached to an aromatic ring is 1. The highest BCUT2D eigenvalue weighted by atomic mass is 79.9. The first-order valence-electron chi connectivity index (χ1n) is 6.28. The lowest BCUT2D eigenvalue weighted by molar-refractivity contribution is -0.115. The zero-order chi connectivity index (χ0) is 14.3. The molecule has 4 N–H and O–H groups in total. The molecule has 0 radical (unpaired) electrons. The number of rotatable bonds is 2. The molecular weight excluding hydrogens is 318 g/mol. The van der Waals surface area contributed by atoms with Crippen molar-refractivity contribution in [2.24, 2.45) is 0 Å². The monoisotopic (exact) mass is 331 g/mol. The van der Waals surface area contributed by atoms with E-state index in [-0.39, 0.29) is 5.91 Å². The van der Waals surface area contributed by atoms with Crippen LogP contribution in [0.25, 0.3) is 0 Å². The number of nitrogens with two attached hydrogens (primary N) is 1. The SMILES string of the molecule is Cc1cc(Br)cc(Nc2cc3c(cc2N)CC(=O)N3)c1. The van der Waals surface area contributed by atoms with Crippen molar-refractivity contribution in [3.8, 4) is 0 Å². The number of benzene rings is 2. The number of anilines is 4. The van der Waals surface area contributed by atoms with E-state index < -0.39 is 0 Å². The van der Waals surface area contributed by atoms with Gasteiger partial charge in [0.15, 0.2) is 0 Å². The summed E-state index contributed by atoms with van der Waals surface area (Å²) in [5, 5.41) is 6.12. The number of hydrogen-bond acceptors (Lipinski definition) is 3. The fraction of sp³-hybridized carbons (Fsp3) is 0.133. The lowest BCUT2D eigenvalue weighted by Gasteiger charge is -2.12. The minimum Gasteiger partial charge on any atom is -0.397 e. The predicted molar refractivity (Wildman–Crippen MR) is 85.3 cm³/mol. The first-order chi connectivity index (χ1) is 9.51. The lowest BCUT2D eigenvalue weighted by atomic mass is 10.1. The van der Waals surface area contributed by atoms with Gasteiger partial charge in [-0.1, -0.05) is 15.9 Å². The summed E-state index contributed by atoms with van der Waals surface area (Å²) in [4.78, 5) is 11.4. The Morgan fingerprint density at radius 1 is 1.25 bits per heavy atom. The molecule has 0 spiro atoms. The van der Waals surface area contributed by atoms with Crippen LogP contribution in [0.5, 0.6) is 0 Å². The summed E-state index contributed by atoms with van der Waals surface area (Å²) in [6.07, 6.45) is 0.399. The van der Waals surface area contributed by atoms with E-state index in [9.17, 15) is 4.79 Å². The van der Waals surface area contributed by atoms with E-state index in [0.717, 1.165) is 32.7 Å². The van der Waals surface area contributed by atoms with Gasteiger partial charge in [-0.05, 0) is 48.4 Å². The van der Waals surface area contributed by atoms with Crippen LogP contribution in [0.15, 0.2) is 34.8 Å². The minimum absolute atomic E-state index is 0.00912. The number of carbonyl (C=O) groups excluding carboxylic acids is 1. The number of hydrogen-bond donors (Lipinski definition) is 3. The van der Waals surface area contributed by atoms with E-state index in [2.05, 4.69) is 26.6 Å². The van der Waals surface area contributed by atoms with Gasteiger partial charge in [0.1, 0.15) is 0 Å². The molecule has 0 fully saturated rings. The molecule has 0 bridgehead atoms. The molecule has 1 heterocycles. The second kappa shape index (κ2) is 4.83. The lowest BCUT2D eigenvalue weighted by Crippen LogP contribution is -2.03. The Morgan fingerprint density at radius 3 is 2.80 bits per heavy atom. The van der Waals surface area contributed by atoms with Crippen LogP contribution in [0.2, 0.25) is 0 Å². The fourth-order valence-electron chi connectivity index (χ4n) is 2.37. The Bertz CT molecular complexity index is 692. The molecule has 1 aliphatic rings. The van der Waals surface area contributed by atoms with E-state index >= 15 is 0 Å². The average Bonchev–Trinajstić information content (AvgIpc) is 2.67. The van der Waals surface area contributed by atoms with Crippen LogP contribution in [0, 0.1) is 6.92 Å². The van der Waals surface area contributed by atoms with Gasteiger partial charge in [-0.25, -0.2) is 0 Å². The van der Waals surface area contributed by atoms with Crippen molar-refractivity contribution < 1.29 is 4.79 Å². The molecular formula is C15H14BrN3O. The van der Waals surface area contributed by atoms with Crippen molar-refractivity contribution in [3.63, 3.8) is 0 Å². The van der Waals surface area contributed by atoms with Gasteiger partial charge in [-0.2, -0.15) is 0 Å². The van der Waals surface area contributed by atoms with Crippen molar-refractivity contribution in [1.29, 1.82) is 0 Å². The van der Waals surface area contributed by atoms with Gasteiger partial charge in [0.25, 0.3) is 0 Å². The summed E-state index contributed by atoms with van der Waals surface area (Å²) in [6.45, 7) is 2.03. The quantitative estimate of drug-likeness (QED) is 0.737. The Morgan fingerprint density at radius 2 is 2.05 bits per heavy atom. The summed E-state index contributed by atoms with van der Waals surface area (Å²) < 4.78 is 1.01. The summed E-state index contributed by atoms with van der Waals surface area (Å²) in [5.41, 5.74) is 11.4. The highest BCUT2D eigenvalue weighted by Crippen LogP contribution is 2.33. The molecule has 0 saturated heterocycles. The van der Waals surface area contributed by atoms with Crippen LogP contribution in [-0.4, -0.2) is 5.91 Å². The molecule has 2 aromatic carbocycles. The van der Waals surface area contributed by atoms with Crippen LogP contribution in [-0.2, 0) is 11.2 Å². The summed E-state index contributed by atoms with van der Waals surface area (Å²) >= 11 is 3.47. The zero-order valence-corrected chi connectivity index (χ0v) is 12.5. The molecule has 5 heteroatoms. The van der Waals surface area contributed by atoms with E-state index in [4.69, 9.17) is 5.73 Å². The molecule has 0 aliphatic carbocycles. The van der Waals surface area contributed by atoms with Gasteiger partial charge < -0.3 is 16.4 Å². The van der Waals surface area contributed by atoms with Gasteiger partial charge in [0.2, 0.25) is 5.91 Å². The third kappa shape index (κ3) is 2.49. The maximum absolute atomic E-state index is 11.4. The van der Waals surface area contributed by atoms with Crippen LogP contribution in [0.4, 0.5) is 22.7 Å². The van der Waals surface area contributed by atoms with Gasteiger partial charge in [0.05, 0.1) is 17.8 Å². The summed E-state index contributed by atoms with van der Waals surface area (Å²) in [5.74, 6) is 0.00912. The summed E-state index contributed by atoms with van der Waals surface area (Å²) in [7, 11) is 0. The topological polar surface area (TPSA) is 67.1 Å². The standard InChI is InChI=1S/C15H14BrN3O/c1-8-2-10(16)6-11(3-8)18-14-7-13-9(4-12(14)17)5-15(20)19-13/h2-4,6-7,18H,5,17H2,1H3,(H,19,20). The van der Waals surface area contributed by atoms with Crippen LogP contribution in [0.1, 0.15) is 11.1 Å². The van der Waals surface area contributed by atoms with Gasteiger partial charge in [-0.15, -0.1) is 0 Å². The number of halogens is 1. The maximum Gasteiger partial charge on any atom is 0.228 e. The molecule has 2 aromatic rings. The van der Waals surface area contributed by atoms with E-state index in [0.29, 0.717) is 12.1 Å². The smallest absolute Gasteiger partial charge is 0.228 e. The van der Waals surface area contributed by atoms with Gasteiger partial charge >= 0.3 is 0 Å². The van der Waals surface area contributed by atoms with Crippen LogP contribution >= 0.6 is 15.9 Å². The number of fused-ring (bicyclic) bond motifs is 1. The number of aryl methyl sites for hydroxylation is 1. The predicted octanol–water partition coefficient (Wildman–Crippen LogP) is 3.58. The van der Waals surface area contributed by atoms with Crippen molar-refractivity contribution in [2.45, 2.75) is 13.3 Å².